The second-order valence-electron chi connectivity index (χ2n) is 19.3. The number of benzene rings is 4. The lowest BCUT2D eigenvalue weighted by molar-refractivity contribution is -0.134. The number of aromatic carboxylic acids is 1. The number of carbonyl (C=O) groups excluding carboxylic acids is 4. The first-order chi connectivity index (χ1) is 34.4. The average Bonchev–Trinajstić information content (AvgIpc) is 4.13. The number of ether oxygens (including phenoxy) is 1. The molecule has 71 heavy (non-hydrogen) atoms. The van der Waals surface area contributed by atoms with E-state index in [1.54, 1.807) is 4.68 Å². The second kappa shape index (κ2) is 19.0. The van der Waals surface area contributed by atoms with Crippen molar-refractivity contribution in [3.63, 3.8) is 0 Å². The molecule has 0 bridgehead atoms. The van der Waals surface area contributed by atoms with Gasteiger partial charge in [-0.15, -0.1) is 0 Å². The van der Waals surface area contributed by atoms with Crippen molar-refractivity contribution in [1.82, 2.24) is 30.0 Å². The van der Waals surface area contributed by atoms with Crippen LogP contribution in [0.25, 0.3) is 32.2 Å². The molecule has 2 saturated heterocycles. The molecule has 6 heterocycles. The number of carbonyl (C=O) groups is 5. The van der Waals surface area contributed by atoms with Gasteiger partial charge in [-0.2, -0.15) is 5.10 Å². The number of aryl methyl sites for hydroxylation is 1. The minimum Gasteiger partial charge on any atom is -0.493 e. The number of thiazole rings is 1. The molecule has 4 amide bonds. The largest absolute Gasteiger partial charge is 0.493 e. The fraction of sp³-hybridized carbons (Fsp3) is 0.333. The van der Waals surface area contributed by atoms with Gasteiger partial charge in [0.15, 0.2) is 10.8 Å². The van der Waals surface area contributed by atoms with Crippen molar-refractivity contribution in [2.75, 3.05) is 48.3 Å². The van der Waals surface area contributed by atoms with Crippen molar-refractivity contribution in [2.24, 2.45) is 24.8 Å². The van der Waals surface area contributed by atoms with Crippen LogP contribution in [0.3, 0.4) is 0 Å². The Hall–Kier alpha value is -7.50. The third-order valence-corrected chi connectivity index (χ3v) is 15.8. The van der Waals surface area contributed by atoms with Crippen LogP contribution in [-0.4, -0.2) is 92.1 Å². The number of piperidine rings is 1. The molecule has 4 aromatic carbocycles. The molecule has 0 spiro atoms. The number of hydrogen-bond donors (Lipinski definition) is 4. The van der Waals surface area contributed by atoms with Gasteiger partial charge in [-0.25, -0.2) is 14.8 Å². The number of imide groups is 1. The Kier molecular flexibility index (Phi) is 12.3. The fourth-order valence-corrected chi connectivity index (χ4v) is 12.2. The van der Waals surface area contributed by atoms with Gasteiger partial charge in [-0.3, -0.25) is 39.4 Å². The molecule has 17 heteroatoms. The first-order valence-electron chi connectivity index (χ1n) is 24.2. The monoisotopic (exact) mass is 971 g/mol. The number of nitrogens with one attached hydrogen (secondary N) is 3. The highest BCUT2D eigenvalue weighted by molar-refractivity contribution is 7.22. The summed E-state index contributed by atoms with van der Waals surface area (Å²) in [5.74, 6) is 0.273. The van der Waals surface area contributed by atoms with E-state index in [0.717, 1.165) is 75.7 Å². The number of para-hydroxylation sites is 1. The van der Waals surface area contributed by atoms with Crippen molar-refractivity contribution >= 4 is 78.7 Å². The Bertz CT molecular complexity index is 3250. The van der Waals surface area contributed by atoms with Crippen molar-refractivity contribution < 1.29 is 33.8 Å². The van der Waals surface area contributed by atoms with Crippen molar-refractivity contribution in [1.29, 1.82) is 0 Å². The van der Waals surface area contributed by atoms with Crippen LogP contribution in [0, 0.1) is 24.7 Å². The summed E-state index contributed by atoms with van der Waals surface area (Å²) >= 11 is 1.43. The normalized spacial score (nSPS) is 19.9. The Morgan fingerprint density at radius 1 is 0.901 bits per heavy atom. The topological polar surface area (TPSA) is 201 Å². The van der Waals surface area contributed by atoms with Crippen LogP contribution in [0.4, 0.5) is 16.6 Å². The number of anilines is 3. The van der Waals surface area contributed by atoms with Crippen LogP contribution in [0.15, 0.2) is 91.0 Å². The lowest BCUT2D eigenvalue weighted by atomic mass is 9.93. The zero-order chi connectivity index (χ0) is 48.9. The van der Waals surface area contributed by atoms with Gasteiger partial charge in [0.25, 0.3) is 5.91 Å². The third-order valence-electron chi connectivity index (χ3n) is 14.8. The summed E-state index contributed by atoms with van der Waals surface area (Å²) in [7, 11) is 1.81. The number of hydrogen-bond acceptors (Lipinski definition) is 12. The second-order valence-corrected chi connectivity index (χ2v) is 20.4. The van der Waals surface area contributed by atoms with E-state index in [4.69, 9.17) is 9.72 Å². The summed E-state index contributed by atoms with van der Waals surface area (Å²) in [6.45, 7) is 5.57. The Morgan fingerprint density at radius 3 is 2.52 bits per heavy atom. The molecule has 16 nitrogen and oxygen atoms in total. The van der Waals surface area contributed by atoms with Crippen molar-refractivity contribution in [3.8, 4) is 16.9 Å². The highest BCUT2D eigenvalue weighted by Crippen LogP contribution is 2.43. The minimum absolute atomic E-state index is 0.0484. The van der Waals surface area contributed by atoms with Crippen molar-refractivity contribution in [2.45, 2.75) is 57.9 Å². The van der Waals surface area contributed by atoms with E-state index in [1.165, 1.54) is 11.3 Å². The molecule has 1 aliphatic carbocycles. The van der Waals surface area contributed by atoms with E-state index in [9.17, 15) is 29.1 Å². The highest BCUT2D eigenvalue weighted by atomic mass is 32.1. The van der Waals surface area contributed by atoms with Crippen molar-refractivity contribution in [3.05, 3.63) is 125 Å². The number of nitrogens with zero attached hydrogens (tertiary/aromatic N) is 6. The average molecular weight is 972 g/mol. The lowest BCUT2D eigenvalue weighted by Gasteiger charge is -2.31. The lowest BCUT2D eigenvalue weighted by Crippen LogP contribution is -2.39. The smallest absolute Gasteiger partial charge is 0.355 e. The maximum absolute atomic E-state index is 13.6. The molecule has 2 unspecified atom stereocenters. The molecular weight excluding hydrogens is 919 g/mol. The molecule has 4 atom stereocenters. The molecule has 4 N–H and O–H groups in total. The van der Waals surface area contributed by atoms with Crippen LogP contribution >= 0.6 is 11.3 Å². The Labute approximate surface area is 413 Å². The molecule has 4 aliphatic rings. The fourth-order valence-electron chi connectivity index (χ4n) is 11.3. The van der Waals surface area contributed by atoms with E-state index in [0.29, 0.717) is 96.0 Å². The van der Waals surface area contributed by atoms with Crippen LogP contribution in [0.1, 0.15) is 81.3 Å². The molecule has 1 saturated carbocycles. The molecule has 7 aromatic rings. The summed E-state index contributed by atoms with van der Waals surface area (Å²) < 4.78 is 9.12. The van der Waals surface area contributed by atoms with Crippen LogP contribution in [0.2, 0.25) is 0 Å². The molecule has 3 fully saturated rings. The number of carboxylic acid groups (broad SMARTS) is 1. The van der Waals surface area contributed by atoms with Gasteiger partial charge in [0.1, 0.15) is 11.6 Å². The van der Waals surface area contributed by atoms with Gasteiger partial charge in [0.05, 0.1) is 40.5 Å². The van der Waals surface area contributed by atoms with E-state index in [2.05, 4.69) is 30.9 Å². The third kappa shape index (κ3) is 9.22. The van der Waals surface area contributed by atoms with Gasteiger partial charge in [-0.05, 0) is 134 Å². The van der Waals surface area contributed by atoms with E-state index in [-0.39, 0.29) is 35.7 Å². The molecule has 11 rings (SSSR count). The zero-order valence-corrected chi connectivity index (χ0v) is 40.3. The molecule has 3 aliphatic heterocycles. The van der Waals surface area contributed by atoms with Crippen LogP contribution in [0.5, 0.6) is 5.75 Å². The number of rotatable bonds is 13. The highest BCUT2D eigenvalue weighted by Gasteiger charge is 2.41. The predicted molar refractivity (Wildman–Crippen MR) is 271 cm³/mol. The van der Waals surface area contributed by atoms with Gasteiger partial charge >= 0.3 is 5.97 Å². The van der Waals surface area contributed by atoms with E-state index in [1.807, 2.05) is 110 Å². The first-order valence-corrected chi connectivity index (χ1v) is 25.1. The Morgan fingerprint density at radius 2 is 1.72 bits per heavy atom. The molecule has 0 radical (unpaired) electrons. The number of fused-ring (bicyclic) bond motifs is 4. The predicted octanol–water partition coefficient (Wildman–Crippen LogP) is 7.95. The maximum atomic E-state index is 13.6. The van der Waals surface area contributed by atoms with Gasteiger partial charge in [-0.1, -0.05) is 47.7 Å². The zero-order valence-electron chi connectivity index (χ0n) is 39.4. The summed E-state index contributed by atoms with van der Waals surface area (Å²) in [5, 5.41) is 24.9. The molecule has 362 valence electrons. The number of amides is 4. The number of pyridine rings is 1. The standard InChI is InChI=1S/C54H53N9O7S/c1-30-36(37-15-17-46(57-50(37)53(68)69)63-21-19-32-7-5-9-38(41(32)28-63)51(66)59-54-56-42-10-3-4-12-45(42)71-54)8-6-11-44(30)70-22-20-31-23-33-26-62(27-34(33)24-31)29-48(65)55-35-13-14-39-43(25-35)61(2)60-49(39)40-16-18-47(64)58-52(40)67/h3-15,17,25,31,33-34,40H,16,18-24,26-29H2,1-2H3,(H,55,65)(H,68,69)(H,56,59,66)(H,58,64,67)/t31?,33-,34+,40?. The van der Waals surface area contributed by atoms with E-state index < -0.39 is 11.9 Å². The number of likely N-dealkylation sites (tertiary alicyclic amines) is 1. The quantitative estimate of drug-likeness (QED) is 0.0814. The summed E-state index contributed by atoms with van der Waals surface area (Å²) in [6, 6.07) is 28.5. The maximum Gasteiger partial charge on any atom is 0.355 e. The van der Waals surface area contributed by atoms with Gasteiger partial charge in [0.2, 0.25) is 17.7 Å². The molecule has 3 aromatic heterocycles. The molecular formula is C54H53N9O7S. The minimum atomic E-state index is -1.13. The number of carboxylic acids is 1. The summed E-state index contributed by atoms with van der Waals surface area (Å²) in [4.78, 5) is 77.6. The summed E-state index contributed by atoms with van der Waals surface area (Å²) in [5.41, 5.74) is 7.49. The first kappa shape index (κ1) is 45.9. The Balaban J connectivity index is 0.679. The number of aromatic nitrogens is 4. The van der Waals surface area contributed by atoms with Crippen LogP contribution < -0.4 is 25.6 Å². The van der Waals surface area contributed by atoms with Crippen LogP contribution in [-0.2, 0) is 34.4 Å². The summed E-state index contributed by atoms with van der Waals surface area (Å²) in [6.07, 6.45) is 4.44. The van der Waals surface area contributed by atoms with E-state index >= 15 is 0 Å². The SMILES string of the molecule is Cc1c(OCCC2C[C@@H]3CN(CC(=O)Nc4ccc5c(C6CCC(=O)NC6=O)nn(C)c5c4)C[C@@H]3C2)cccc1-c1ccc(N2CCc3cccc(C(=O)Nc4nc5ccccc5s4)c3C2)nc1C(=O)O. The van der Waals surface area contributed by atoms with Gasteiger partial charge < -0.3 is 20.1 Å². The van der Waals surface area contributed by atoms with Gasteiger partial charge in [0, 0.05) is 61.8 Å².